The van der Waals surface area contributed by atoms with Crippen LogP contribution in [0.15, 0.2) is 36.8 Å². The molecule has 1 atom stereocenters. The number of anilines is 2. The third-order valence-corrected chi connectivity index (χ3v) is 5.10. The highest BCUT2D eigenvalue weighted by atomic mass is 35.5. The van der Waals surface area contributed by atoms with Crippen LogP contribution in [0.3, 0.4) is 0 Å². The number of hydrogen-bond acceptors (Lipinski definition) is 5. The Labute approximate surface area is 150 Å². The molecule has 0 bridgehead atoms. The quantitative estimate of drug-likeness (QED) is 0.783. The molecule has 126 valence electrons. The van der Waals surface area contributed by atoms with Crippen molar-refractivity contribution in [2.24, 2.45) is 0 Å². The summed E-state index contributed by atoms with van der Waals surface area (Å²) in [4.78, 5) is 16.3. The molecule has 0 radical (unpaired) electrons. The molecule has 1 aliphatic rings. The molecule has 6 nitrogen and oxygen atoms in total. The van der Waals surface area contributed by atoms with Crippen LogP contribution >= 0.6 is 11.6 Å². The van der Waals surface area contributed by atoms with Gasteiger partial charge in [-0.05, 0) is 30.7 Å². The minimum absolute atomic E-state index is 0.328. The molecule has 0 spiro atoms. The Bertz CT molecular complexity index is 960. The first-order valence-electron chi connectivity index (χ1n) is 8.13. The summed E-state index contributed by atoms with van der Waals surface area (Å²) in [6, 6.07) is 9.89. The number of benzene rings is 1. The topological polar surface area (TPSA) is 71.8 Å². The monoisotopic (exact) mass is 352 g/mol. The van der Waals surface area contributed by atoms with Gasteiger partial charge in [0.1, 0.15) is 17.8 Å². The van der Waals surface area contributed by atoms with Gasteiger partial charge < -0.3 is 14.8 Å². The second-order valence-corrected chi connectivity index (χ2v) is 6.62. The molecule has 3 heterocycles. The highest BCUT2D eigenvalue weighted by molar-refractivity contribution is 6.33. The van der Waals surface area contributed by atoms with Gasteiger partial charge in [-0.2, -0.15) is 5.26 Å². The summed E-state index contributed by atoms with van der Waals surface area (Å²) in [6.45, 7) is 1.80. The van der Waals surface area contributed by atoms with Crippen LogP contribution in [0.5, 0.6) is 0 Å². The van der Waals surface area contributed by atoms with E-state index in [9.17, 15) is 0 Å². The van der Waals surface area contributed by atoms with Crippen molar-refractivity contribution in [2.75, 3.05) is 29.9 Å². The molecule has 1 aliphatic heterocycles. The Balaban J connectivity index is 1.56. The van der Waals surface area contributed by atoms with Crippen LogP contribution in [0.2, 0.25) is 5.02 Å². The molecule has 1 fully saturated rings. The average molecular weight is 353 g/mol. The molecular weight excluding hydrogens is 336 g/mol. The molecule has 1 aromatic carbocycles. The maximum absolute atomic E-state index is 8.99. The molecule has 1 N–H and O–H groups in total. The van der Waals surface area contributed by atoms with Crippen molar-refractivity contribution in [1.29, 1.82) is 5.26 Å². The second kappa shape index (κ2) is 6.26. The van der Waals surface area contributed by atoms with Gasteiger partial charge in [0.15, 0.2) is 0 Å². The van der Waals surface area contributed by atoms with Crippen LogP contribution in [-0.2, 0) is 0 Å². The van der Waals surface area contributed by atoms with Crippen LogP contribution < -0.4 is 9.80 Å². The van der Waals surface area contributed by atoms with Gasteiger partial charge in [-0.25, -0.2) is 9.97 Å². The molecule has 2 aromatic heterocycles. The first-order chi connectivity index (χ1) is 12.2. The summed E-state index contributed by atoms with van der Waals surface area (Å²) < 4.78 is 0. The van der Waals surface area contributed by atoms with Crippen molar-refractivity contribution >= 4 is 34.1 Å². The summed E-state index contributed by atoms with van der Waals surface area (Å²) >= 11 is 6.37. The fraction of sp³-hybridized carbons (Fsp3) is 0.278. The van der Waals surface area contributed by atoms with Gasteiger partial charge >= 0.3 is 0 Å². The van der Waals surface area contributed by atoms with E-state index in [4.69, 9.17) is 16.9 Å². The third-order valence-electron chi connectivity index (χ3n) is 4.80. The SMILES string of the molecule is CN(c1ccc(C#N)cc1Cl)[C@@H]1CCN(c2ncnc3[nH]ccc23)C1. The van der Waals surface area contributed by atoms with Crippen molar-refractivity contribution in [3.8, 4) is 6.07 Å². The van der Waals surface area contributed by atoms with E-state index in [1.165, 1.54) is 0 Å². The molecule has 0 aliphatic carbocycles. The second-order valence-electron chi connectivity index (χ2n) is 6.21. The average Bonchev–Trinajstić information content (AvgIpc) is 3.30. The summed E-state index contributed by atoms with van der Waals surface area (Å²) in [5, 5.41) is 10.6. The van der Waals surface area contributed by atoms with Gasteiger partial charge in [-0.1, -0.05) is 11.6 Å². The number of nitrogens with zero attached hydrogens (tertiary/aromatic N) is 5. The van der Waals surface area contributed by atoms with Gasteiger partial charge in [0.2, 0.25) is 0 Å². The number of likely N-dealkylation sites (N-methyl/N-ethyl adjacent to an activating group) is 1. The summed E-state index contributed by atoms with van der Waals surface area (Å²) in [7, 11) is 2.05. The number of aromatic amines is 1. The number of fused-ring (bicyclic) bond motifs is 1. The smallest absolute Gasteiger partial charge is 0.142 e. The van der Waals surface area contributed by atoms with Crippen molar-refractivity contribution in [1.82, 2.24) is 15.0 Å². The Hall–Kier alpha value is -2.78. The Morgan fingerprint density at radius 2 is 2.24 bits per heavy atom. The Morgan fingerprint density at radius 3 is 3.04 bits per heavy atom. The Kier molecular flexibility index (Phi) is 3.94. The van der Waals surface area contributed by atoms with Gasteiger partial charge in [0.05, 0.1) is 27.7 Å². The van der Waals surface area contributed by atoms with Crippen molar-refractivity contribution < 1.29 is 0 Å². The summed E-state index contributed by atoms with van der Waals surface area (Å²) in [6.07, 6.45) is 4.50. The highest BCUT2D eigenvalue weighted by Crippen LogP contribution is 2.32. The number of H-pyrrole nitrogens is 1. The van der Waals surface area contributed by atoms with E-state index in [1.54, 1.807) is 18.5 Å². The van der Waals surface area contributed by atoms with Crippen LogP contribution in [0.4, 0.5) is 11.5 Å². The maximum Gasteiger partial charge on any atom is 0.142 e. The minimum atomic E-state index is 0.328. The van der Waals surface area contributed by atoms with Crippen molar-refractivity contribution in [2.45, 2.75) is 12.5 Å². The molecule has 0 saturated carbocycles. The lowest BCUT2D eigenvalue weighted by Gasteiger charge is -2.28. The standard InChI is InChI=1S/C18H17ClN6/c1-24(16-3-2-12(9-20)8-15(16)19)13-5-7-25(10-13)18-14-4-6-21-17(14)22-11-23-18/h2-4,6,8,11,13H,5,7,10H2,1H3,(H,21,22,23)/t13-/m1/s1. The lowest BCUT2D eigenvalue weighted by Crippen LogP contribution is -2.35. The molecule has 4 rings (SSSR count). The molecule has 25 heavy (non-hydrogen) atoms. The summed E-state index contributed by atoms with van der Waals surface area (Å²) in [5.74, 6) is 0.966. The molecule has 0 unspecified atom stereocenters. The zero-order valence-corrected chi connectivity index (χ0v) is 14.5. The van der Waals surface area contributed by atoms with E-state index >= 15 is 0 Å². The molecule has 3 aromatic rings. The normalized spacial score (nSPS) is 17.0. The van der Waals surface area contributed by atoms with Gasteiger partial charge in [0.25, 0.3) is 0 Å². The van der Waals surface area contributed by atoms with Crippen LogP contribution in [-0.4, -0.2) is 41.1 Å². The lowest BCUT2D eigenvalue weighted by atomic mass is 10.1. The number of rotatable bonds is 3. The Morgan fingerprint density at radius 1 is 1.36 bits per heavy atom. The van der Waals surface area contributed by atoms with Gasteiger partial charge in [0, 0.05) is 32.4 Å². The fourth-order valence-electron chi connectivity index (χ4n) is 3.42. The van der Waals surface area contributed by atoms with Crippen molar-refractivity contribution in [3.63, 3.8) is 0 Å². The highest BCUT2D eigenvalue weighted by Gasteiger charge is 2.28. The number of aromatic nitrogens is 3. The maximum atomic E-state index is 8.99. The minimum Gasteiger partial charge on any atom is -0.369 e. The number of hydrogen-bond donors (Lipinski definition) is 1. The molecule has 1 saturated heterocycles. The fourth-order valence-corrected chi connectivity index (χ4v) is 3.73. The molecule has 7 heteroatoms. The van der Waals surface area contributed by atoms with Crippen LogP contribution in [0, 0.1) is 11.3 Å². The largest absolute Gasteiger partial charge is 0.369 e. The van der Waals surface area contributed by atoms with E-state index in [0.717, 1.165) is 42.0 Å². The molecule has 0 amide bonds. The zero-order valence-electron chi connectivity index (χ0n) is 13.8. The van der Waals surface area contributed by atoms with Crippen LogP contribution in [0.25, 0.3) is 11.0 Å². The van der Waals surface area contributed by atoms with E-state index in [2.05, 4.69) is 30.8 Å². The lowest BCUT2D eigenvalue weighted by molar-refractivity contribution is 0.692. The summed E-state index contributed by atoms with van der Waals surface area (Å²) in [5.41, 5.74) is 2.38. The van der Waals surface area contributed by atoms with E-state index in [-0.39, 0.29) is 0 Å². The van der Waals surface area contributed by atoms with E-state index in [1.807, 2.05) is 25.4 Å². The van der Waals surface area contributed by atoms with E-state index < -0.39 is 0 Å². The van der Waals surface area contributed by atoms with Gasteiger partial charge in [-0.15, -0.1) is 0 Å². The van der Waals surface area contributed by atoms with Crippen molar-refractivity contribution in [3.05, 3.63) is 47.4 Å². The zero-order chi connectivity index (χ0) is 17.4. The van der Waals surface area contributed by atoms with Gasteiger partial charge in [-0.3, -0.25) is 0 Å². The first kappa shape index (κ1) is 15.7. The number of halogens is 1. The van der Waals surface area contributed by atoms with E-state index in [0.29, 0.717) is 16.6 Å². The third kappa shape index (κ3) is 2.77. The predicted octanol–water partition coefficient (Wildman–Crippen LogP) is 3.20. The van der Waals surface area contributed by atoms with Crippen LogP contribution in [0.1, 0.15) is 12.0 Å². The number of nitrogens with one attached hydrogen (secondary N) is 1. The predicted molar refractivity (Wildman–Crippen MR) is 99.1 cm³/mol. The first-order valence-corrected chi connectivity index (χ1v) is 8.50. The number of nitriles is 1. The molecular formula is C18H17ClN6.